The number of aromatic amines is 1. The molecule has 2 aromatic rings. The van der Waals surface area contributed by atoms with E-state index in [4.69, 9.17) is 4.74 Å². The maximum Gasteiger partial charge on any atom is 0.416 e. The molecule has 8 nitrogen and oxygen atoms in total. The van der Waals surface area contributed by atoms with Crippen molar-refractivity contribution in [3.63, 3.8) is 0 Å². The quantitative estimate of drug-likeness (QED) is 0.474. The first-order chi connectivity index (χ1) is 15.4. The Morgan fingerprint density at radius 2 is 1.82 bits per heavy atom. The first-order valence-electron chi connectivity index (χ1n) is 10.1. The molecule has 33 heavy (non-hydrogen) atoms. The van der Waals surface area contributed by atoms with Crippen LogP contribution in [0.1, 0.15) is 30.7 Å². The molecule has 0 saturated heterocycles. The van der Waals surface area contributed by atoms with Crippen LogP contribution in [-0.2, 0) is 22.6 Å². The molecular formula is C22H26F3N3O5. The number of anilines is 1. The normalized spacial score (nSPS) is 13.3. The summed E-state index contributed by atoms with van der Waals surface area (Å²) in [5.74, 6) is -1.58. The number of halogens is 3. The van der Waals surface area contributed by atoms with Gasteiger partial charge in [-0.25, -0.2) is 4.79 Å². The van der Waals surface area contributed by atoms with Gasteiger partial charge in [0.15, 0.2) is 6.10 Å². The van der Waals surface area contributed by atoms with E-state index in [1.807, 2.05) is 0 Å². The van der Waals surface area contributed by atoms with Crippen LogP contribution in [0.5, 0.6) is 0 Å². The van der Waals surface area contributed by atoms with Gasteiger partial charge in [0.25, 0.3) is 5.56 Å². The van der Waals surface area contributed by atoms with Crippen molar-refractivity contribution in [2.24, 2.45) is 5.92 Å². The molecule has 0 radical (unpaired) electrons. The Hall–Kier alpha value is -3.34. The molecule has 11 heteroatoms. The van der Waals surface area contributed by atoms with E-state index in [1.165, 1.54) is 19.9 Å². The standard InChI is InChI=1S/C22H26F3N3O5/c1-12(2)17(19(30)22(23,24)25)27-16(29)10-15-9-13(3)26-20(31)18(15)28-21(32)33-11-14-7-5-4-6-8-14/h4-9,12,17,19,30H,10-11H2,1-3H3,(H,26,31)(H,27,29)(H,28,32). The number of nitrogens with one attached hydrogen (secondary N) is 3. The van der Waals surface area contributed by atoms with Gasteiger partial charge in [0.1, 0.15) is 12.3 Å². The molecule has 2 amide bonds. The molecule has 0 aliphatic rings. The zero-order valence-corrected chi connectivity index (χ0v) is 18.3. The first-order valence-corrected chi connectivity index (χ1v) is 10.1. The third-order valence-electron chi connectivity index (χ3n) is 4.76. The highest BCUT2D eigenvalue weighted by atomic mass is 19.4. The lowest BCUT2D eigenvalue weighted by molar-refractivity contribution is -0.215. The highest BCUT2D eigenvalue weighted by Gasteiger charge is 2.45. The molecule has 1 heterocycles. The number of amides is 2. The van der Waals surface area contributed by atoms with Crippen molar-refractivity contribution in [2.75, 3.05) is 5.32 Å². The van der Waals surface area contributed by atoms with E-state index < -0.39 is 48.2 Å². The number of rotatable bonds is 8. The molecule has 0 bridgehead atoms. The van der Waals surface area contributed by atoms with Gasteiger partial charge in [-0.05, 0) is 30.0 Å². The number of aromatic nitrogens is 1. The number of hydrogen-bond acceptors (Lipinski definition) is 5. The Labute approximate surface area is 188 Å². The SMILES string of the molecule is Cc1cc(CC(=O)NC(C(C)C)C(O)C(F)(F)F)c(NC(=O)OCc2ccccc2)c(=O)[nH]1. The molecule has 0 fully saturated rings. The number of hydrogen-bond donors (Lipinski definition) is 4. The summed E-state index contributed by atoms with van der Waals surface area (Å²) in [6.07, 6.45) is -9.12. The van der Waals surface area contributed by atoms with Crippen LogP contribution >= 0.6 is 0 Å². The third kappa shape index (κ3) is 7.63. The highest BCUT2D eigenvalue weighted by molar-refractivity contribution is 5.88. The van der Waals surface area contributed by atoms with Crippen LogP contribution < -0.4 is 16.2 Å². The summed E-state index contributed by atoms with van der Waals surface area (Å²) in [4.78, 5) is 39.5. The van der Waals surface area contributed by atoms with E-state index in [9.17, 15) is 32.7 Å². The summed E-state index contributed by atoms with van der Waals surface area (Å²) in [6.45, 7) is 4.34. The predicted octanol–water partition coefficient (Wildman–Crippen LogP) is 3.04. The monoisotopic (exact) mass is 469 g/mol. The van der Waals surface area contributed by atoms with Crippen molar-refractivity contribution in [3.8, 4) is 0 Å². The molecule has 0 spiro atoms. The van der Waals surface area contributed by atoms with Gasteiger partial charge >= 0.3 is 12.3 Å². The van der Waals surface area contributed by atoms with Gasteiger partial charge in [-0.2, -0.15) is 13.2 Å². The molecule has 0 saturated carbocycles. The number of alkyl halides is 3. The topological polar surface area (TPSA) is 121 Å². The number of carbonyl (C=O) groups is 2. The van der Waals surface area contributed by atoms with Gasteiger partial charge in [-0.1, -0.05) is 44.2 Å². The summed E-state index contributed by atoms with van der Waals surface area (Å²) >= 11 is 0. The fourth-order valence-electron chi connectivity index (χ4n) is 3.12. The molecule has 1 aromatic heterocycles. The Kier molecular flexibility index (Phi) is 8.63. The second-order valence-corrected chi connectivity index (χ2v) is 7.87. The van der Waals surface area contributed by atoms with Crippen molar-refractivity contribution >= 4 is 17.7 Å². The summed E-state index contributed by atoms with van der Waals surface area (Å²) < 4.78 is 43.9. The van der Waals surface area contributed by atoms with Gasteiger partial charge in [-0.15, -0.1) is 0 Å². The summed E-state index contributed by atoms with van der Waals surface area (Å²) in [6, 6.07) is 8.62. The highest BCUT2D eigenvalue weighted by Crippen LogP contribution is 2.25. The van der Waals surface area contributed by atoms with Gasteiger partial charge in [0, 0.05) is 5.69 Å². The summed E-state index contributed by atoms with van der Waals surface area (Å²) in [7, 11) is 0. The summed E-state index contributed by atoms with van der Waals surface area (Å²) in [5.41, 5.74) is 0.209. The minimum atomic E-state index is -4.92. The molecule has 1 aromatic carbocycles. The largest absolute Gasteiger partial charge is 0.444 e. The van der Waals surface area contributed by atoms with Gasteiger partial charge in [0.05, 0.1) is 12.5 Å². The van der Waals surface area contributed by atoms with E-state index in [0.717, 1.165) is 0 Å². The van der Waals surface area contributed by atoms with Crippen LogP contribution in [-0.4, -0.2) is 40.4 Å². The van der Waals surface area contributed by atoms with Crippen molar-refractivity contribution in [1.29, 1.82) is 0 Å². The number of carbonyl (C=O) groups excluding carboxylic acids is 2. The molecular weight excluding hydrogens is 443 g/mol. The van der Waals surface area contributed by atoms with Gasteiger partial charge in [-0.3, -0.25) is 14.9 Å². The van der Waals surface area contributed by atoms with E-state index in [-0.39, 0.29) is 17.9 Å². The van der Waals surface area contributed by atoms with Crippen molar-refractivity contribution in [3.05, 3.63) is 63.6 Å². The number of pyridine rings is 1. The fourth-order valence-corrected chi connectivity index (χ4v) is 3.12. The smallest absolute Gasteiger partial charge is 0.416 e. The van der Waals surface area contributed by atoms with E-state index in [2.05, 4.69) is 15.6 Å². The summed E-state index contributed by atoms with van der Waals surface area (Å²) in [5, 5.41) is 14.0. The third-order valence-corrected chi connectivity index (χ3v) is 4.76. The van der Waals surface area contributed by atoms with E-state index in [0.29, 0.717) is 11.3 Å². The molecule has 2 unspecified atom stereocenters. The zero-order valence-electron chi connectivity index (χ0n) is 18.3. The van der Waals surface area contributed by atoms with Crippen molar-refractivity contribution in [1.82, 2.24) is 10.3 Å². The van der Waals surface area contributed by atoms with Crippen LogP contribution in [0.3, 0.4) is 0 Å². The fraction of sp³-hybridized carbons (Fsp3) is 0.409. The molecule has 0 aliphatic carbocycles. The molecule has 2 atom stereocenters. The number of aliphatic hydroxyl groups is 1. The minimum Gasteiger partial charge on any atom is -0.444 e. The Balaban J connectivity index is 2.15. The molecule has 0 aliphatic heterocycles. The second-order valence-electron chi connectivity index (χ2n) is 7.87. The Bertz CT molecular complexity index is 1020. The van der Waals surface area contributed by atoms with Crippen LogP contribution in [0.15, 0.2) is 41.2 Å². The number of aliphatic hydroxyl groups excluding tert-OH is 1. The number of benzene rings is 1. The van der Waals surface area contributed by atoms with Crippen molar-refractivity contribution in [2.45, 2.75) is 52.1 Å². The number of aryl methyl sites for hydroxylation is 1. The van der Waals surface area contributed by atoms with Crippen LogP contribution in [0.2, 0.25) is 0 Å². The molecule has 180 valence electrons. The first kappa shape index (κ1) is 25.9. The van der Waals surface area contributed by atoms with Crippen LogP contribution in [0.4, 0.5) is 23.7 Å². The van der Waals surface area contributed by atoms with E-state index in [1.54, 1.807) is 37.3 Å². The maximum absolute atomic E-state index is 12.9. The molecule has 4 N–H and O–H groups in total. The maximum atomic E-state index is 12.9. The Morgan fingerprint density at radius 3 is 2.39 bits per heavy atom. The Morgan fingerprint density at radius 1 is 1.18 bits per heavy atom. The average Bonchev–Trinajstić information content (AvgIpc) is 2.72. The van der Waals surface area contributed by atoms with Gasteiger partial charge in [0.2, 0.25) is 5.91 Å². The lowest BCUT2D eigenvalue weighted by Crippen LogP contribution is -2.53. The van der Waals surface area contributed by atoms with Crippen LogP contribution in [0.25, 0.3) is 0 Å². The van der Waals surface area contributed by atoms with E-state index >= 15 is 0 Å². The molecule has 2 rings (SSSR count). The second kappa shape index (κ2) is 11.0. The van der Waals surface area contributed by atoms with Crippen molar-refractivity contribution < 1.29 is 32.6 Å². The minimum absolute atomic E-state index is 0.0579. The average molecular weight is 469 g/mol. The predicted molar refractivity (Wildman–Crippen MR) is 115 cm³/mol. The zero-order chi connectivity index (χ0) is 24.8. The van der Waals surface area contributed by atoms with Gasteiger partial charge < -0.3 is 20.1 Å². The lowest BCUT2D eigenvalue weighted by atomic mass is 9.97. The number of H-pyrrole nitrogens is 1. The number of ether oxygens (including phenoxy) is 1. The van der Waals surface area contributed by atoms with Crippen LogP contribution in [0, 0.1) is 12.8 Å². The lowest BCUT2D eigenvalue weighted by Gasteiger charge is -2.29.